The molecule has 1 aliphatic rings. The summed E-state index contributed by atoms with van der Waals surface area (Å²) in [6.07, 6.45) is 13.2. The van der Waals surface area contributed by atoms with E-state index >= 15 is 0 Å². The minimum Gasteiger partial charge on any atom is -0.463 e. The van der Waals surface area contributed by atoms with Gasteiger partial charge in [-0.15, -0.1) is 0 Å². The minimum atomic E-state index is -0.173. The Kier molecular flexibility index (Phi) is 11.4. The fourth-order valence-corrected chi connectivity index (χ4v) is 2.82. The molecule has 0 radical (unpaired) electrons. The van der Waals surface area contributed by atoms with Crippen molar-refractivity contribution in [2.75, 3.05) is 13.2 Å². The van der Waals surface area contributed by atoms with Gasteiger partial charge in [-0.1, -0.05) is 32.1 Å². The highest BCUT2D eigenvalue weighted by Crippen LogP contribution is 2.15. The van der Waals surface area contributed by atoms with Crippen LogP contribution < -0.4 is 0 Å². The molecule has 1 fully saturated rings. The third-order valence-electron chi connectivity index (χ3n) is 4.06. The summed E-state index contributed by atoms with van der Waals surface area (Å²) >= 11 is 0. The van der Waals surface area contributed by atoms with Crippen LogP contribution in [-0.2, 0) is 19.0 Å². The van der Waals surface area contributed by atoms with Crippen LogP contribution >= 0.6 is 0 Å². The van der Waals surface area contributed by atoms with E-state index in [1.54, 1.807) is 0 Å². The predicted molar refractivity (Wildman–Crippen MR) is 87.7 cm³/mol. The number of hydrogen-bond acceptors (Lipinski definition) is 4. The molecule has 1 aliphatic heterocycles. The van der Waals surface area contributed by atoms with Crippen molar-refractivity contribution in [2.45, 2.75) is 96.9 Å². The van der Waals surface area contributed by atoms with E-state index in [9.17, 15) is 4.79 Å². The van der Waals surface area contributed by atoms with Gasteiger partial charge in [-0.3, -0.25) is 4.79 Å². The van der Waals surface area contributed by atoms with Crippen LogP contribution in [0.15, 0.2) is 0 Å². The molecule has 0 bridgehead atoms. The molecule has 1 rings (SSSR count). The average Bonchev–Trinajstić information content (AvgIpc) is 2.49. The first-order valence-corrected chi connectivity index (χ1v) is 9.09. The first kappa shape index (κ1) is 19.4. The van der Waals surface area contributed by atoms with Crippen molar-refractivity contribution in [1.29, 1.82) is 0 Å². The highest BCUT2D eigenvalue weighted by atomic mass is 16.7. The highest BCUT2D eigenvalue weighted by Gasteiger charge is 2.13. The SMILES string of the molecule is CC(=O)OC(C)CCCCCCCCCOC1CCCCO1. The van der Waals surface area contributed by atoms with Crippen LogP contribution in [-0.4, -0.2) is 31.6 Å². The standard InChI is InChI=1S/C18H34O4/c1-16(22-17(2)19)12-8-6-4-3-5-7-10-14-20-18-13-9-11-15-21-18/h16,18H,3-15H2,1-2H3. The van der Waals surface area contributed by atoms with E-state index in [0.29, 0.717) is 0 Å². The fraction of sp³-hybridized carbons (Fsp3) is 0.944. The summed E-state index contributed by atoms with van der Waals surface area (Å²) in [7, 11) is 0. The first-order chi connectivity index (χ1) is 10.7. The molecule has 0 saturated carbocycles. The van der Waals surface area contributed by atoms with E-state index in [0.717, 1.165) is 38.9 Å². The maximum Gasteiger partial charge on any atom is 0.302 e. The van der Waals surface area contributed by atoms with Crippen LogP contribution in [0.5, 0.6) is 0 Å². The van der Waals surface area contributed by atoms with Gasteiger partial charge >= 0.3 is 5.97 Å². The lowest BCUT2D eigenvalue weighted by molar-refractivity contribution is -0.162. The molecular weight excluding hydrogens is 280 g/mol. The topological polar surface area (TPSA) is 44.8 Å². The van der Waals surface area contributed by atoms with Crippen molar-refractivity contribution in [2.24, 2.45) is 0 Å². The maximum absolute atomic E-state index is 10.8. The molecule has 0 aromatic carbocycles. The summed E-state index contributed by atoms with van der Waals surface area (Å²) in [5, 5.41) is 0. The van der Waals surface area contributed by atoms with Gasteiger partial charge in [-0.2, -0.15) is 0 Å². The Morgan fingerprint density at radius 2 is 1.77 bits per heavy atom. The summed E-state index contributed by atoms with van der Waals surface area (Å²) in [6.45, 7) is 5.14. The molecule has 0 N–H and O–H groups in total. The van der Waals surface area contributed by atoms with Crippen molar-refractivity contribution < 1.29 is 19.0 Å². The highest BCUT2D eigenvalue weighted by molar-refractivity contribution is 5.66. The lowest BCUT2D eigenvalue weighted by atomic mass is 10.1. The monoisotopic (exact) mass is 314 g/mol. The van der Waals surface area contributed by atoms with Gasteiger partial charge < -0.3 is 14.2 Å². The van der Waals surface area contributed by atoms with E-state index in [-0.39, 0.29) is 18.4 Å². The van der Waals surface area contributed by atoms with Gasteiger partial charge in [-0.25, -0.2) is 0 Å². The van der Waals surface area contributed by atoms with Gasteiger partial charge in [0.05, 0.1) is 6.10 Å². The second-order valence-corrected chi connectivity index (χ2v) is 6.35. The number of ether oxygens (including phenoxy) is 3. The molecule has 0 aromatic heterocycles. The predicted octanol–water partition coefficient (Wildman–Crippen LogP) is 4.60. The van der Waals surface area contributed by atoms with Gasteiger partial charge in [-0.05, 0) is 45.4 Å². The number of carbonyl (C=O) groups excluding carboxylic acids is 1. The van der Waals surface area contributed by atoms with Crippen LogP contribution in [0.4, 0.5) is 0 Å². The zero-order valence-corrected chi connectivity index (χ0v) is 14.5. The van der Waals surface area contributed by atoms with Crippen LogP contribution in [0.2, 0.25) is 0 Å². The molecule has 22 heavy (non-hydrogen) atoms. The molecule has 0 amide bonds. The Morgan fingerprint density at radius 1 is 1.09 bits per heavy atom. The fourth-order valence-electron chi connectivity index (χ4n) is 2.82. The van der Waals surface area contributed by atoms with Crippen LogP contribution in [0.1, 0.15) is 84.5 Å². The van der Waals surface area contributed by atoms with Gasteiger partial charge in [0, 0.05) is 20.1 Å². The number of unbranched alkanes of at least 4 members (excludes halogenated alkanes) is 6. The zero-order valence-electron chi connectivity index (χ0n) is 14.5. The van der Waals surface area contributed by atoms with E-state index in [2.05, 4.69) is 0 Å². The third kappa shape index (κ3) is 11.0. The van der Waals surface area contributed by atoms with Crippen molar-refractivity contribution in [1.82, 2.24) is 0 Å². The summed E-state index contributed by atoms with van der Waals surface area (Å²) in [6, 6.07) is 0. The van der Waals surface area contributed by atoms with E-state index in [1.807, 2.05) is 6.92 Å². The molecular formula is C18H34O4. The number of esters is 1. The van der Waals surface area contributed by atoms with Gasteiger partial charge in [0.25, 0.3) is 0 Å². The van der Waals surface area contributed by atoms with Gasteiger partial charge in [0.2, 0.25) is 0 Å². The zero-order chi connectivity index (χ0) is 16.0. The van der Waals surface area contributed by atoms with Crippen LogP contribution in [0, 0.1) is 0 Å². The molecule has 4 nitrogen and oxygen atoms in total. The molecule has 0 aliphatic carbocycles. The van der Waals surface area contributed by atoms with Crippen LogP contribution in [0.25, 0.3) is 0 Å². The molecule has 130 valence electrons. The second-order valence-electron chi connectivity index (χ2n) is 6.35. The second kappa shape index (κ2) is 12.9. The van der Waals surface area contributed by atoms with Gasteiger partial charge in [0.15, 0.2) is 6.29 Å². The Labute approximate surface area is 135 Å². The maximum atomic E-state index is 10.8. The summed E-state index contributed by atoms with van der Waals surface area (Å²) in [4.78, 5) is 10.8. The van der Waals surface area contributed by atoms with E-state index < -0.39 is 0 Å². The van der Waals surface area contributed by atoms with E-state index in [4.69, 9.17) is 14.2 Å². The lowest BCUT2D eigenvalue weighted by Gasteiger charge is -2.22. The number of carbonyl (C=O) groups is 1. The van der Waals surface area contributed by atoms with Crippen molar-refractivity contribution in [3.63, 3.8) is 0 Å². The van der Waals surface area contributed by atoms with E-state index in [1.165, 1.54) is 51.9 Å². The molecule has 0 spiro atoms. The van der Waals surface area contributed by atoms with Crippen molar-refractivity contribution >= 4 is 5.97 Å². The summed E-state index contributed by atoms with van der Waals surface area (Å²) < 4.78 is 16.4. The smallest absolute Gasteiger partial charge is 0.302 e. The number of hydrogen-bond donors (Lipinski definition) is 0. The Balaban J connectivity index is 1.77. The third-order valence-corrected chi connectivity index (χ3v) is 4.06. The van der Waals surface area contributed by atoms with Crippen LogP contribution in [0.3, 0.4) is 0 Å². The van der Waals surface area contributed by atoms with Crippen molar-refractivity contribution in [3.05, 3.63) is 0 Å². The molecule has 0 aromatic rings. The number of rotatable bonds is 12. The molecule has 4 heteroatoms. The Hall–Kier alpha value is -0.610. The average molecular weight is 314 g/mol. The summed E-state index contributed by atoms with van der Waals surface area (Å²) in [5.74, 6) is -0.173. The molecule has 2 unspecified atom stereocenters. The summed E-state index contributed by atoms with van der Waals surface area (Å²) in [5.41, 5.74) is 0. The quantitative estimate of drug-likeness (QED) is 0.390. The minimum absolute atomic E-state index is 0.0629. The first-order valence-electron chi connectivity index (χ1n) is 9.09. The molecule has 2 atom stereocenters. The largest absolute Gasteiger partial charge is 0.463 e. The van der Waals surface area contributed by atoms with Gasteiger partial charge in [0.1, 0.15) is 0 Å². The molecule has 1 saturated heterocycles. The lowest BCUT2D eigenvalue weighted by Crippen LogP contribution is -2.22. The Morgan fingerprint density at radius 3 is 2.41 bits per heavy atom. The molecule has 1 heterocycles. The van der Waals surface area contributed by atoms with Crippen molar-refractivity contribution in [3.8, 4) is 0 Å². The normalized spacial score (nSPS) is 19.8. The Bertz CT molecular complexity index is 274.